The predicted octanol–water partition coefficient (Wildman–Crippen LogP) is 4.19. The molecular weight excluding hydrogens is 335 g/mol. The highest BCUT2D eigenvalue weighted by Crippen LogP contribution is 2.59. The highest BCUT2D eigenvalue weighted by atomic mass is 80.0. The van der Waals surface area contributed by atoms with Crippen LogP contribution in [0, 0.1) is 0 Å². The van der Waals surface area contributed by atoms with Crippen molar-refractivity contribution >= 4 is 50.5 Å². The van der Waals surface area contributed by atoms with Crippen LogP contribution >= 0.6 is 50.5 Å². The summed E-state index contributed by atoms with van der Waals surface area (Å²) >= 11 is 9.51. The summed E-state index contributed by atoms with van der Waals surface area (Å²) in [4.78, 5) is 0. The zero-order valence-electron chi connectivity index (χ0n) is 4.82. The maximum Gasteiger partial charge on any atom is 0.103 e. The largest absolute Gasteiger partial charge is 0.381 e. The smallest absolute Gasteiger partial charge is 0.103 e. The first-order chi connectivity index (χ1) is 4.23. The molecule has 0 unspecified atom stereocenters. The van der Waals surface area contributed by atoms with E-state index in [1.165, 1.54) is 12.8 Å². The number of hydrogen-bond donors (Lipinski definition) is 0. The molecule has 56 valence electrons. The van der Waals surface area contributed by atoms with Gasteiger partial charge in [-0.15, -0.1) is 0 Å². The average molecular weight is 343 g/mol. The lowest BCUT2D eigenvalue weighted by Crippen LogP contribution is -1.74. The Labute approximate surface area is 80.9 Å². The Hall–Kier alpha value is 1.83. The lowest BCUT2D eigenvalue weighted by Gasteiger charge is -1.76. The first kappa shape index (κ1) is 10.8. The van der Waals surface area contributed by atoms with Gasteiger partial charge in [-0.2, -0.15) is 0 Å². The summed E-state index contributed by atoms with van der Waals surface area (Å²) in [5.41, 5.74) is 0. The fourth-order valence-electron chi connectivity index (χ4n) is 0.510. The number of rotatable bonds is 0. The zero-order chi connectivity index (χ0) is 7.11. The van der Waals surface area contributed by atoms with E-state index in [4.69, 9.17) is 4.74 Å². The van der Waals surface area contributed by atoms with Crippen molar-refractivity contribution in [1.82, 2.24) is 0 Å². The van der Waals surface area contributed by atoms with Gasteiger partial charge in [-0.3, -0.25) is 0 Å². The second-order valence-electron chi connectivity index (χ2n) is 1.51. The first-order valence-electron chi connectivity index (χ1n) is 2.58. The molecule has 0 aliphatic carbocycles. The summed E-state index contributed by atoms with van der Waals surface area (Å²) in [6, 6.07) is 0. The molecule has 0 aromatic carbocycles. The zero-order valence-corrected chi connectivity index (χ0v) is 10.5. The van der Waals surface area contributed by atoms with Gasteiger partial charge in [-0.1, -0.05) is 0 Å². The second kappa shape index (κ2) is 7.93. The van der Waals surface area contributed by atoms with Crippen LogP contribution < -0.4 is 0 Å². The average Bonchev–Trinajstić information content (AvgIpc) is 2.11. The second-order valence-corrected chi connectivity index (χ2v) is 16.8. The van der Waals surface area contributed by atoms with Gasteiger partial charge >= 0.3 is 0 Å². The molecule has 0 saturated carbocycles. The molecule has 9 heavy (non-hydrogen) atoms. The minimum absolute atomic E-state index is 0.183. The Morgan fingerprint density at radius 3 is 1.44 bits per heavy atom. The van der Waals surface area contributed by atoms with Crippen molar-refractivity contribution in [3.8, 4) is 0 Å². The molecule has 1 aliphatic rings. The fraction of sp³-hybridized carbons (Fsp3) is 1.00. The molecule has 0 aromatic heterocycles. The van der Waals surface area contributed by atoms with E-state index in [9.17, 15) is 0 Å². The maximum atomic E-state index is 4.94. The van der Waals surface area contributed by atoms with Gasteiger partial charge in [0.25, 0.3) is 0 Å². The van der Waals surface area contributed by atoms with Crippen LogP contribution in [0.4, 0.5) is 0 Å². The molecular formula is C4H8Br3OP. The Morgan fingerprint density at radius 1 is 1.00 bits per heavy atom. The Bertz CT molecular complexity index is 47.4. The van der Waals surface area contributed by atoms with E-state index in [1.54, 1.807) is 0 Å². The molecule has 1 aliphatic heterocycles. The predicted molar refractivity (Wildman–Crippen MR) is 53.8 cm³/mol. The molecule has 5 heteroatoms. The molecule has 0 aromatic rings. The molecule has 1 rings (SSSR count). The minimum Gasteiger partial charge on any atom is -0.381 e. The molecule has 0 amide bonds. The van der Waals surface area contributed by atoms with Crippen molar-refractivity contribution in [1.29, 1.82) is 0 Å². The lowest BCUT2D eigenvalue weighted by molar-refractivity contribution is 0.198. The van der Waals surface area contributed by atoms with Gasteiger partial charge in [0, 0.05) is 13.2 Å². The van der Waals surface area contributed by atoms with Crippen molar-refractivity contribution in [2.24, 2.45) is 0 Å². The molecule has 1 fully saturated rings. The lowest BCUT2D eigenvalue weighted by atomic mass is 10.4. The van der Waals surface area contributed by atoms with Gasteiger partial charge in [0.1, 0.15) is 4.03 Å². The van der Waals surface area contributed by atoms with Crippen molar-refractivity contribution in [2.45, 2.75) is 12.8 Å². The Morgan fingerprint density at radius 2 is 1.33 bits per heavy atom. The van der Waals surface area contributed by atoms with E-state index < -0.39 is 0 Å². The molecule has 0 radical (unpaired) electrons. The standard InChI is InChI=1S/C4H8O.Br3P/c1-2-4-5-3-1;1-4(2)3/h1-4H2;. The van der Waals surface area contributed by atoms with Crippen LogP contribution in [0.1, 0.15) is 12.8 Å². The molecule has 0 atom stereocenters. The summed E-state index contributed by atoms with van der Waals surface area (Å²) in [5, 5.41) is 0. The third kappa shape index (κ3) is 12.9. The van der Waals surface area contributed by atoms with Crippen LogP contribution in [0.5, 0.6) is 0 Å². The van der Waals surface area contributed by atoms with Crippen LogP contribution in [0.3, 0.4) is 0 Å². The highest BCUT2D eigenvalue weighted by Gasteiger charge is 1.94. The van der Waals surface area contributed by atoms with E-state index in [2.05, 4.69) is 46.5 Å². The van der Waals surface area contributed by atoms with Crippen LogP contribution in [-0.2, 0) is 4.74 Å². The normalized spacial score (nSPS) is 17.3. The first-order valence-corrected chi connectivity index (χ1v) is 9.98. The Kier molecular flexibility index (Phi) is 9.54. The van der Waals surface area contributed by atoms with Gasteiger partial charge in [-0.05, 0) is 59.3 Å². The monoisotopic (exact) mass is 340 g/mol. The molecule has 0 N–H and O–H groups in total. The van der Waals surface area contributed by atoms with Gasteiger partial charge in [0.2, 0.25) is 0 Å². The quantitative estimate of drug-likeness (QED) is 0.600. The molecule has 0 bridgehead atoms. The Balaban J connectivity index is 0.000000148. The van der Waals surface area contributed by atoms with Gasteiger partial charge in [0.15, 0.2) is 0 Å². The number of ether oxygens (including phenoxy) is 1. The van der Waals surface area contributed by atoms with Crippen LogP contribution in [0.15, 0.2) is 0 Å². The van der Waals surface area contributed by atoms with Crippen molar-refractivity contribution < 1.29 is 4.74 Å². The fourth-order valence-corrected chi connectivity index (χ4v) is 0.510. The maximum absolute atomic E-state index is 4.94. The summed E-state index contributed by atoms with van der Waals surface area (Å²) in [6.07, 6.45) is 2.56. The third-order valence-electron chi connectivity index (χ3n) is 0.827. The van der Waals surface area contributed by atoms with Crippen LogP contribution in [0.25, 0.3) is 0 Å². The van der Waals surface area contributed by atoms with Crippen LogP contribution in [-0.4, -0.2) is 13.2 Å². The molecule has 1 saturated heterocycles. The van der Waals surface area contributed by atoms with Crippen LogP contribution in [0.2, 0.25) is 0 Å². The van der Waals surface area contributed by atoms with Gasteiger partial charge < -0.3 is 4.74 Å². The SMILES string of the molecule is BrP(Br)Br.C1CCOC1. The summed E-state index contributed by atoms with van der Waals surface area (Å²) in [6.45, 7) is 2.00. The van der Waals surface area contributed by atoms with E-state index in [1.807, 2.05) is 0 Å². The number of halogens is 3. The summed E-state index contributed by atoms with van der Waals surface area (Å²) < 4.78 is 4.76. The number of hydrogen-bond acceptors (Lipinski definition) is 1. The summed E-state index contributed by atoms with van der Waals surface area (Å²) in [5.74, 6) is 0. The minimum atomic E-state index is -0.183. The summed E-state index contributed by atoms with van der Waals surface area (Å²) in [7, 11) is 0. The molecule has 1 nitrogen and oxygen atoms in total. The van der Waals surface area contributed by atoms with E-state index in [0.717, 1.165) is 13.2 Å². The molecule has 0 spiro atoms. The van der Waals surface area contributed by atoms with Gasteiger partial charge in [0.05, 0.1) is 0 Å². The topological polar surface area (TPSA) is 9.23 Å². The molecule has 1 heterocycles. The van der Waals surface area contributed by atoms with E-state index in [0.29, 0.717) is 0 Å². The van der Waals surface area contributed by atoms with Crippen molar-refractivity contribution in [3.05, 3.63) is 0 Å². The van der Waals surface area contributed by atoms with E-state index in [-0.39, 0.29) is 4.03 Å². The highest BCUT2D eigenvalue weighted by molar-refractivity contribution is 9.93. The van der Waals surface area contributed by atoms with Crippen molar-refractivity contribution in [3.63, 3.8) is 0 Å². The van der Waals surface area contributed by atoms with Crippen molar-refractivity contribution in [2.75, 3.05) is 13.2 Å². The third-order valence-corrected chi connectivity index (χ3v) is 0.827. The van der Waals surface area contributed by atoms with Gasteiger partial charge in [-0.25, -0.2) is 0 Å². The van der Waals surface area contributed by atoms with E-state index >= 15 is 0 Å².